The molecule has 3 rings (SSSR count). The first-order valence-electron chi connectivity index (χ1n) is 10.7. The molecule has 1 saturated heterocycles. The van der Waals surface area contributed by atoms with Crippen LogP contribution in [0.2, 0.25) is 0 Å². The number of rotatable bonds is 8. The highest BCUT2D eigenvalue weighted by Crippen LogP contribution is 2.25. The number of sulfonamides is 1. The van der Waals surface area contributed by atoms with Crippen molar-refractivity contribution in [3.8, 4) is 0 Å². The van der Waals surface area contributed by atoms with Crippen LogP contribution in [0.4, 0.5) is 5.69 Å². The summed E-state index contributed by atoms with van der Waals surface area (Å²) >= 11 is 0. The maximum Gasteiger partial charge on any atom is 0.264 e. The third-order valence-electron chi connectivity index (χ3n) is 5.82. The standard InChI is InChI=1S/C23H30N2O5S2/c1-4-5-15-25(21-14-16-31(27,28)17-21)23(26)19-8-10-20(11-9-19)24(3)32(29,30)22-12-6-18(2)7-13-22/h6-13,21H,4-5,14-17H2,1-3H3. The monoisotopic (exact) mass is 478 g/mol. The first kappa shape index (κ1) is 24.3. The Bertz CT molecular complexity index is 1160. The number of sulfone groups is 1. The van der Waals surface area contributed by atoms with Gasteiger partial charge in [-0.15, -0.1) is 0 Å². The Morgan fingerprint density at radius 1 is 1.06 bits per heavy atom. The third-order valence-corrected chi connectivity index (χ3v) is 9.37. The summed E-state index contributed by atoms with van der Waals surface area (Å²) in [5, 5.41) is 0. The minimum Gasteiger partial charge on any atom is -0.335 e. The number of carbonyl (C=O) groups excluding carboxylic acids is 1. The van der Waals surface area contributed by atoms with Crippen LogP contribution in [0.15, 0.2) is 53.4 Å². The van der Waals surface area contributed by atoms with E-state index in [4.69, 9.17) is 0 Å². The number of anilines is 1. The largest absolute Gasteiger partial charge is 0.335 e. The number of carbonyl (C=O) groups is 1. The van der Waals surface area contributed by atoms with Crippen LogP contribution in [0, 0.1) is 6.92 Å². The Morgan fingerprint density at radius 2 is 1.69 bits per heavy atom. The first-order chi connectivity index (χ1) is 15.0. The summed E-state index contributed by atoms with van der Waals surface area (Å²) in [6.45, 7) is 4.41. The van der Waals surface area contributed by atoms with Gasteiger partial charge in [-0.1, -0.05) is 31.0 Å². The van der Waals surface area contributed by atoms with Crippen molar-refractivity contribution in [3.05, 3.63) is 59.7 Å². The summed E-state index contributed by atoms with van der Waals surface area (Å²) in [5.41, 5.74) is 1.82. The molecule has 9 heteroatoms. The second-order valence-electron chi connectivity index (χ2n) is 8.24. The number of amides is 1. The fraction of sp³-hybridized carbons (Fsp3) is 0.435. The Labute approximate surface area is 191 Å². The highest BCUT2D eigenvalue weighted by molar-refractivity contribution is 7.92. The molecule has 7 nitrogen and oxygen atoms in total. The lowest BCUT2D eigenvalue weighted by molar-refractivity contribution is 0.0694. The quantitative estimate of drug-likeness (QED) is 0.581. The summed E-state index contributed by atoms with van der Waals surface area (Å²) in [7, 11) is -5.36. The molecule has 0 N–H and O–H groups in total. The molecule has 1 atom stereocenters. The number of hydrogen-bond donors (Lipinski definition) is 0. The highest BCUT2D eigenvalue weighted by Gasteiger charge is 2.34. The normalized spacial score (nSPS) is 17.8. The fourth-order valence-electron chi connectivity index (χ4n) is 3.79. The minimum absolute atomic E-state index is 0.00192. The smallest absolute Gasteiger partial charge is 0.264 e. The molecule has 0 radical (unpaired) electrons. The van der Waals surface area contributed by atoms with Crippen LogP contribution >= 0.6 is 0 Å². The van der Waals surface area contributed by atoms with E-state index < -0.39 is 19.9 Å². The van der Waals surface area contributed by atoms with Gasteiger partial charge >= 0.3 is 0 Å². The molecule has 0 spiro atoms. The summed E-state index contributed by atoms with van der Waals surface area (Å²) < 4.78 is 50.9. The zero-order valence-electron chi connectivity index (χ0n) is 18.7. The molecule has 0 aromatic heterocycles. The van der Waals surface area contributed by atoms with Gasteiger partial charge in [0.25, 0.3) is 15.9 Å². The molecular formula is C23H30N2O5S2. The molecule has 1 amide bonds. The maximum atomic E-state index is 13.2. The Morgan fingerprint density at radius 3 is 2.22 bits per heavy atom. The van der Waals surface area contributed by atoms with Gasteiger partial charge in [-0.3, -0.25) is 9.10 Å². The highest BCUT2D eigenvalue weighted by atomic mass is 32.2. The molecule has 174 valence electrons. The number of nitrogens with zero attached hydrogens (tertiary/aromatic N) is 2. The van der Waals surface area contributed by atoms with Crippen LogP contribution in [0.5, 0.6) is 0 Å². The van der Waals surface area contributed by atoms with Crippen molar-refractivity contribution in [1.29, 1.82) is 0 Å². The fourth-order valence-corrected chi connectivity index (χ4v) is 6.71. The van der Waals surface area contributed by atoms with Gasteiger partial charge in [-0.2, -0.15) is 0 Å². The third kappa shape index (κ3) is 5.32. The summed E-state index contributed by atoms with van der Waals surface area (Å²) in [6, 6.07) is 12.7. The van der Waals surface area contributed by atoms with Gasteiger partial charge in [0, 0.05) is 25.2 Å². The van der Waals surface area contributed by atoms with Crippen LogP contribution < -0.4 is 4.31 Å². The predicted molar refractivity (Wildman–Crippen MR) is 126 cm³/mol. The van der Waals surface area contributed by atoms with Gasteiger partial charge in [0.1, 0.15) is 0 Å². The van der Waals surface area contributed by atoms with Gasteiger partial charge in [0.15, 0.2) is 9.84 Å². The zero-order valence-corrected chi connectivity index (χ0v) is 20.3. The van der Waals surface area contributed by atoms with E-state index >= 15 is 0 Å². The van der Waals surface area contributed by atoms with E-state index in [0.29, 0.717) is 24.2 Å². The topological polar surface area (TPSA) is 91.8 Å². The number of aryl methyl sites for hydroxylation is 1. The lowest BCUT2D eigenvalue weighted by Gasteiger charge is -2.28. The van der Waals surface area contributed by atoms with E-state index in [1.54, 1.807) is 53.4 Å². The molecule has 1 fully saturated rings. The van der Waals surface area contributed by atoms with Crippen molar-refractivity contribution in [2.24, 2.45) is 0 Å². The predicted octanol–water partition coefficient (Wildman–Crippen LogP) is 3.25. The van der Waals surface area contributed by atoms with Crippen LogP contribution in [-0.2, 0) is 19.9 Å². The molecule has 1 unspecified atom stereocenters. The van der Waals surface area contributed by atoms with E-state index in [1.807, 2.05) is 13.8 Å². The van der Waals surface area contributed by atoms with Crippen molar-refractivity contribution in [2.45, 2.75) is 44.0 Å². The molecule has 2 aromatic carbocycles. The number of benzene rings is 2. The SMILES string of the molecule is CCCCN(C(=O)c1ccc(N(C)S(=O)(=O)c2ccc(C)cc2)cc1)C1CCS(=O)(=O)C1. The Balaban J connectivity index is 1.81. The molecule has 0 saturated carbocycles. The molecule has 1 aliphatic rings. The molecule has 0 bridgehead atoms. The van der Waals surface area contributed by atoms with Crippen LogP contribution in [0.25, 0.3) is 0 Å². The van der Waals surface area contributed by atoms with E-state index in [1.165, 1.54) is 11.4 Å². The minimum atomic E-state index is -3.72. The first-order valence-corrected chi connectivity index (χ1v) is 14.0. The van der Waals surface area contributed by atoms with Crippen molar-refractivity contribution < 1.29 is 21.6 Å². The summed E-state index contributed by atoms with van der Waals surface area (Å²) in [6.07, 6.45) is 2.13. The second-order valence-corrected chi connectivity index (χ2v) is 12.4. The second kappa shape index (κ2) is 9.62. The average molecular weight is 479 g/mol. The molecular weight excluding hydrogens is 448 g/mol. The van der Waals surface area contributed by atoms with Crippen LogP contribution in [-0.4, -0.2) is 58.8 Å². The Kier molecular flexibility index (Phi) is 7.29. The Hall–Kier alpha value is -2.39. The van der Waals surface area contributed by atoms with E-state index in [0.717, 1.165) is 18.4 Å². The lowest BCUT2D eigenvalue weighted by Crippen LogP contribution is -2.41. The number of unbranched alkanes of at least 4 members (excludes halogenated alkanes) is 1. The van der Waals surface area contributed by atoms with Crippen LogP contribution in [0.3, 0.4) is 0 Å². The molecule has 0 aliphatic carbocycles. The van der Waals surface area contributed by atoms with Crippen molar-refractivity contribution in [1.82, 2.24) is 4.90 Å². The molecule has 1 aliphatic heterocycles. The van der Waals surface area contributed by atoms with Gasteiger partial charge in [-0.25, -0.2) is 16.8 Å². The van der Waals surface area contributed by atoms with Gasteiger partial charge in [-0.05, 0) is 56.2 Å². The maximum absolute atomic E-state index is 13.2. The molecule has 2 aromatic rings. The van der Waals surface area contributed by atoms with E-state index in [9.17, 15) is 21.6 Å². The zero-order chi connectivity index (χ0) is 23.5. The van der Waals surface area contributed by atoms with Crippen molar-refractivity contribution >= 4 is 31.5 Å². The van der Waals surface area contributed by atoms with Gasteiger partial charge in [0.05, 0.1) is 22.1 Å². The van der Waals surface area contributed by atoms with Crippen LogP contribution in [0.1, 0.15) is 42.1 Å². The summed E-state index contributed by atoms with van der Waals surface area (Å²) in [5.74, 6) is -0.122. The number of hydrogen-bond acceptors (Lipinski definition) is 5. The molecule has 32 heavy (non-hydrogen) atoms. The lowest BCUT2D eigenvalue weighted by atomic mass is 10.1. The van der Waals surface area contributed by atoms with Crippen molar-refractivity contribution in [2.75, 3.05) is 29.4 Å². The van der Waals surface area contributed by atoms with Gasteiger partial charge < -0.3 is 4.90 Å². The molecule has 1 heterocycles. The summed E-state index contributed by atoms with van der Waals surface area (Å²) in [4.78, 5) is 15.0. The van der Waals surface area contributed by atoms with E-state index in [-0.39, 0.29) is 28.4 Å². The van der Waals surface area contributed by atoms with Gasteiger partial charge in [0.2, 0.25) is 0 Å². The average Bonchev–Trinajstić information content (AvgIpc) is 3.13. The van der Waals surface area contributed by atoms with E-state index in [2.05, 4.69) is 0 Å². The van der Waals surface area contributed by atoms with Crippen molar-refractivity contribution in [3.63, 3.8) is 0 Å².